The Bertz CT molecular complexity index is 606. The van der Waals surface area contributed by atoms with Gasteiger partial charge in [-0.15, -0.1) is 0 Å². The molecule has 0 saturated heterocycles. The fourth-order valence-electron chi connectivity index (χ4n) is 1.87. The topological polar surface area (TPSA) is 65.5 Å². The molecule has 0 fully saturated rings. The number of carbonyl (C=O) groups is 1. The van der Waals surface area contributed by atoms with E-state index >= 15 is 0 Å². The first-order chi connectivity index (χ1) is 9.02. The summed E-state index contributed by atoms with van der Waals surface area (Å²) in [6.45, 7) is 1.77. The number of methoxy groups -OCH3 is 1. The number of nitrogens with two attached hydrogens (primary N) is 1. The van der Waals surface area contributed by atoms with E-state index in [9.17, 15) is 9.18 Å². The minimum Gasteiger partial charge on any atom is -0.463 e. The first kappa shape index (κ1) is 13.3. The van der Waals surface area contributed by atoms with Crippen molar-refractivity contribution in [2.75, 3.05) is 7.11 Å². The number of ether oxygens (including phenoxy) is 1. The first-order valence-corrected chi connectivity index (χ1v) is 5.72. The largest absolute Gasteiger partial charge is 0.463 e. The van der Waals surface area contributed by atoms with Gasteiger partial charge in [0.2, 0.25) is 5.76 Å². The normalized spacial score (nSPS) is 12.2. The maximum absolute atomic E-state index is 13.0. The molecule has 5 heteroatoms. The minimum absolute atomic E-state index is 0.0905. The number of hydrogen-bond donors (Lipinski definition) is 1. The van der Waals surface area contributed by atoms with Crippen molar-refractivity contribution in [2.24, 2.45) is 5.73 Å². The van der Waals surface area contributed by atoms with E-state index in [1.54, 1.807) is 19.1 Å². The zero-order valence-electron chi connectivity index (χ0n) is 10.6. The van der Waals surface area contributed by atoms with Gasteiger partial charge in [-0.3, -0.25) is 0 Å². The Morgan fingerprint density at radius 2 is 2.11 bits per heavy atom. The van der Waals surface area contributed by atoms with Crippen LogP contribution in [0.25, 0.3) is 0 Å². The summed E-state index contributed by atoms with van der Waals surface area (Å²) in [6, 6.07) is 6.90. The summed E-state index contributed by atoms with van der Waals surface area (Å²) < 4.78 is 22.9. The lowest BCUT2D eigenvalue weighted by Crippen LogP contribution is -2.12. The van der Waals surface area contributed by atoms with Crippen molar-refractivity contribution in [1.82, 2.24) is 0 Å². The Morgan fingerprint density at radius 1 is 1.37 bits per heavy atom. The molecule has 0 saturated carbocycles. The molecule has 1 aromatic carbocycles. The number of carbonyl (C=O) groups excluding carboxylic acids is 1. The molecular formula is C14H14FNO3. The van der Waals surface area contributed by atoms with Crippen molar-refractivity contribution in [3.05, 3.63) is 58.8 Å². The predicted molar refractivity (Wildman–Crippen MR) is 67.2 cm³/mol. The highest BCUT2D eigenvalue weighted by molar-refractivity contribution is 5.86. The van der Waals surface area contributed by atoms with Crippen LogP contribution in [0.4, 0.5) is 4.39 Å². The molecule has 1 heterocycles. The SMILES string of the molecule is COC(=O)c1ccc(C(N)c2ccc(F)cc2C)o1. The summed E-state index contributed by atoms with van der Waals surface area (Å²) in [4.78, 5) is 11.3. The fraction of sp³-hybridized carbons (Fsp3) is 0.214. The fourth-order valence-corrected chi connectivity index (χ4v) is 1.87. The second-order valence-corrected chi connectivity index (χ2v) is 4.17. The van der Waals surface area contributed by atoms with Crippen LogP contribution in [-0.4, -0.2) is 13.1 Å². The molecule has 1 atom stereocenters. The molecule has 0 bridgehead atoms. The second kappa shape index (κ2) is 5.24. The van der Waals surface area contributed by atoms with Gasteiger partial charge in [0.1, 0.15) is 11.6 Å². The van der Waals surface area contributed by atoms with Crippen molar-refractivity contribution in [1.29, 1.82) is 0 Å². The molecule has 0 aliphatic rings. The highest BCUT2D eigenvalue weighted by Crippen LogP contribution is 2.25. The van der Waals surface area contributed by atoms with Crippen molar-refractivity contribution in [2.45, 2.75) is 13.0 Å². The molecule has 1 aromatic heterocycles. The Hall–Kier alpha value is -2.14. The molecule has 19 heavy (non-hydrogen) atoms. The standard InChI is InChI=1S/C14H14FNO3/c1-8-7-9(15)3-4-10(8)13(16)11-5-6-12(19-11)14(17)18-2/h3-7,13H,16H2,1-2H3. The highest BCUT2D eigenvalue weighted by atomic mass is 19.1. The summed E-state index contributed by atoms with van der Waals surface area (Å²) in [7, 11) is 1.27. The second-order valence-electron chi connectivity index (χ2n) is 4.17. The quantitative estimate of drug-likeness (QED) is 0.864. The summed E-state index contributed by atoms with van der Waals surface area (Å²) in [5.41, 5.74) is 7.52. The number of hydrogen-bond acceptors (Lipinski definition) is 4. The van der Waals surface area contributed by atoms with Crippen molar-refractivity contribution < 1.29 is 18.3 Å². The van der Waals surface area contributed by atoms with Crippen LogP contribution >= 0.6 is 0 Å². The van der Waals surface area contributed by atoms with E-state index in [4.69, 9.17) is 10.2 Å². The van der Waals surface area contributed by atoms with Gasteiger partial charge in [-0.25, -0.2) is 9.18 Å². The molecule has 0 radical (unpaired) electrons. The maximum atomic E-state index is 13.0. The van der Waals surface area contributed by atoms with E-state index in [1.807, 2.05) is 0 Å². The summed E-state index contributed by atoms with van der Waals surface area (Å²) in [5, 5.41) is 0. The molecule has 0 amide bonds. The molecule has 2 rings (SSSR count). The van der Waals surface area contributed by atoms with Crippen molar-refractivity contribution in [3.8, 4) is 0 Å². The Kier molecular flexibility index (Phi) is 3.66. The number of benzene rings is 1. The zero-order chi connectivity index (χ0) is 14.0. The molecule has 100 valence electrons. The third-order valence-electron chi connectivity index (χ3n) is 2.89. The van der Waals surface area contributed by atoms with Crippen LogP contribution in [0, 0.1) is 12.7 Å². The lowest BCUT2D eigenvalue weighted by Gasteiger charge is -2.12. The van der Waals surface area contributed by atoms with Gasteiger partial charge in [0.25, 0.3) is 0 Å². The van der Waals surface area contributed by atoms with Crippen LogP contribution < -0.4 is 5.73 Å². The number of rotatable bonds is 3. The molecule has 2 aromatic rings. The van der Waals surface area contributed by atoms with Crippen LogP contribution in [0.1, 0.15) is 33.5 Å². The van der Waals surface area contributed by atoms with Crippen LogP contribution in [0.3, 0.4) is 0 Å². The minimum atomic E-state index is -0.561. The van der Waals surface area contributed by atoms with Crippen molar-refractivity contribution in [3.63, 3.8) is 0 Å². The van der Waals surface area contributed by atoms with Gasteiger partial charge in [0.05, 0.1) is 13.2 Å². The van der Waals surface area contributed by atoms with Gasteiger partial charge in [-0.05, 0) is 42.3 Å². The molecule has 2 N–H and O–H groups in total. The maximum Gasteiger partial charge on any atom is 0.373 e. The number of furan rings is 1. The first-order valence-electron chi connectivity index (χ1n) is 5.72. The van der Waals surface area contributed by atoms with E-state index in [2.05, 4.69) is 4.74 Å². The van der Waals surface area contributed by atoms with E-state index in [0.29, 0.717) is 5.76 Å². The zero-order valence-corrected chi connectivity index (χ0v) is 10.6. The van der Waals surface area contributed by atoms with E-state index in [-0.39, 0.29) is 11.6 Å². The Labute approximate surface area is 110 Å². The summed E-state index contributed by atoms with van der Waals surface area (Å²) in [5.74, 6) is -0.361. The number of aryl methyl sites for hydroxylation is 1. The van der Waals surface area contributed by atoms with Crippen molar-refractivity contribution >= 4 is 5.97 Å². The molecule has 1 unspecified atom stereocenters. The smallest absolute Gasteiger partial charge is 0.373 e. The average Bonchev–Trinajstić information content (AvgIpc) is 2.86. The van der Waals surface area contributed by atoms with Gasteiger partial charge in [-0.1, -0.05) is 6.07 Å². The number of esters is 1. The molecule has 0 spiro atoms. The van der Waals surface area contributed by atoms with Crippen LogP contribution in [-0.2, 0) is 4.74 Å². The van der Waals surface area contributed by atoms with Gasteiger partial charge in [0, 0.05) is 0 Å². The van der Waals surface area contributed by atoms with Gasteiger partial charge >= 0.3 is 5.97 Å². The van der Waals surface area contributed by atoms with E-state index < -0.39 is 12.0 Å². The van der Waals surface area contributed by atoms with Crippen LogP contribution in [0.2, 0.25) is 0 Å². The summed E-state index contributed by atoms with van der Waals surface area (Å²) >= 11 is 0. The molecular weight excluding hydrogens is 249 g/mol. The lowest BCUT2D eigenvalue weighted by atomic mass is 10.0. The van der Waals surface area contributed by atoms with Gasteiger partial charge in [0.15, 0.2) is 0 Å². The van der Waals surface area contributed by atoms with E-state index in [0.717, 1.165) is 11.1 Å². The average molecular weight is 263 g/mol. The highest BCUT2D eigenvalue weighted by Gasteiger charge is 2.18. The molecule has 0 aliphatic heterocycles. The van der Waals surface area contributed by atoms with E-state index in [1.165, 1.54) is 25.3 Å². The predicted octanol–water partition coefficient (Wildman–Crippen LogP) is 2.56. The number of halogens is 1. The third kappa shape index (κ3) is 2.66. The lowest BCUT2D eigenvalue weighted by molar-refractivity contribution is 0.0562. The molecule has 0 aliphatic carbocycles. The third-order valence-corrected chi connectivity index (χ3v) is 2.89. The monoisotopic (exact) mass is 263 g/mol. The molecule has 4 nitrogen and oxygen atoms in total. The van der Waals surface area contributed by atoms with Gasteiger partial charge in [-0.2, -0.15) is 0 Å². The van der Waals surface area contributed by atoms with Crippen LogP contribution in [0.15, 0.2) is 34.7 Å². The Morgan fingerprint density at radius 3 is 2.74 bits per heavy atom. The van der Waals surface area contributed by atoms with Crippen LogP contribution in [0.5, 0.6) is 0 Å². The summed E-state index contributed by atoms with van der Waals surface area (Å²) in [6.07, 6.45) is 0. The van der Waals surface area contributed by atoms with Gasteiger partial charge < -0.3 is 14.9 Å². The Balaban J connectivity index is 2.31.